The van der Waals surface area contributed by atoms with E-state index in [2.05, 4.69) is 11.3 Å². The van der Waals surface area contributed by atoms with Gasteiger partial charge in [-0.3, -0.25) is 4.79 Å². The van der Waals surface area contributed by atoms with Crippen molar-refractivity contribution in [2.75, 3.05) is 0 Å². The fourth-order valence-electron chi connectivity index (χ4n) is 0.753. The lowest BCUT2D eigenvalue weighted by Crippen LogP contribution is -2.23. The van der Waals surface area contributed by atoms with E-state index in [-0.39, 0.29) is 5.57 Å². The number of ketones is 1. The largest absolute Gasteiger partial charge is 0.478 e. The molecule has 0 aliphatic rings. The maximum atomic E-state index is 11.2. The number of esters is 1. The Morgan fingerprint density at radius 1 is 1.33 bits per heavy atom. The molecule has 0 amide bonds. The van der Waals surface area contributed by atoms with Gasteiger partial charge in [-0.1, -0.05) is 6.58 Å². The van der Waals surface area contributed by atoms with Crippen LogP contribution in [0.2, 0.25) is 0 Å². The highest BCUT2D eigenvalue weighted by Gasteiger charge is 2.16. The summed E-state index contributed by atoms with van der Waals surface area (Å²) in [5, 5.41) is 8.22. The van der Waals surface area contributed by atoms with Crippen LogP contribution in [0.25, 0.3) is 0 Å². The molecule has 0 aromatic rings. The number of ether oxygens (including phenoxy) is 1. The van der Waals surface area contributed by atoms with Crippen molar-refractivity contribution in [3.8, 4) is 0 Å². The first kappa shape index (κ1) is 13.1. The molecule has 0 radical (unpaired) electrons. The number of carbonyl (C=O) groups is 3. The van der Waals surface area contributed by atoms with E-state index in [0.717, 1.165) is 6.08 Å². The molecule has 0 aromatic carbocycles. The highest BCUT2D eigenvalue weighted by molar-refractivity contribution is 5.99. The standard InChI is InChI=1S/C10H12O5/c1-6(2)10(14)7(3)15-9(13)5-4-8(11)12/h4-5,7H,1H2,2-3H3,(H,11,12)/b5-4-. The van der Waals surface area contributed by atoms with Gasteiger partial charge in [0.2, 0.25) is 0 Å². The third kappa shape index (κ3) is 5.41. The molecular formula is C10H12O5. The Hall–Kier alpha value is -1.91. The molecule has 0 spiro atoms. The van der Waals surface area contributed by atoms with E-state index >= 15 is 0 Å². The molecular weight excluding hydrogens is 200 g/mol. The number of carboxylic acid groups (broad SMARTS) is 1. The van der Waals surface area contributed by atoms with Crippen molar-refractivity contribution in [3.05, 3.63) is 24.3 Å². The van der Waals surface area contributed by atoms with Gasteiger partial charge >= 0.3 is 11.9 Å². The van der Waals surface area contributed by atoms with Crippen LogP contribution < -0.4 is 0 Å². The maximum Gasteiger partial charge on any atom is 0.331 e. The monoisotopic (exact) mass is 212 g/mol. The highest BCUT2D eigenvalue weighted by atomic mass is 16.5. The second kappa shape index (κ2) is 5.74. The minimum absolute atomic E-state index is 0.275. The minimum Gasteiger partial charge on any atom is -0.478 e. The molecule has 0 aromatic heterocycles. The van der Waals surface area contributed by atoms with Crippen molar-refractivity contribution >= 4 is 17.7 Å². The summed E-state index contributed by atoms with van der Waals surface area (Å²) in [5.41, 5.74) is 0.275. The second-order valence-electron chi connectivity index (χ2n) is 2.90. The van der Waals surface area contributed by atoms with Gasteiger partial charge in [0.25, 0.3) is 0 Å². The van der Waals surface area contributed by atoms with Crippen LogP contribution in [0.5, 0.6) is 0 Å². The molecule has 0 saturated carbocycles. The summed E-state index contributed by atoms with van der Waals surface area (Å²) in [5.74, 6) is -2.53. The van der Waals surface area contributed by atoms with Crippen molar-refractivity contribution in [2.24, 2.45) is 0 Å². The zero-order valence-corrected chi connectivity index (χ0v) is 8.52. The normalized spacial score (nSPS) is 12.1. The average Bonchev–Trinajstić information content (AvgIpc) is 2.13. The number of Topliss-reactive ketones (excluding diaryl/α,β-unsaturated/α-hetero) is 1. The average molecular weight is 212 g/mol. The lowest BCUT2D eigenvalue weighted by atomic mass is 10.1. The SMILES string of the molecule is C=C(C)C(=O)C(C)OC(=O)/C=C\C(=O)O. The van der Waals surface area contributed by atoms with Crippen LogP contribution in [0.3, 0.4) is 0 Å². The first-order valence-electron chi connectivity index (χ1n) is 4.16. The molecule has 0 aliphatic heterocycles. The van der Waals surface area contributed by atoms with E-state index in [1.54, 1.807) is 0 Å². The minimum atomic E-state index is -1.26. The second-order valence-corrected chi connectivity index (χ2v) is 2.90. The lowest BCUT2D eigenvalue weighted by molar-refractivity contribution is -0.148. The zero-order chi connectivity index (χ0) is 12.0. The molecule has 82 valence electrons. The summed E-state index contributed by atoms with van der Waals surface area (Å²) in [6.07, 6.45) is 0.429. The van der Waals surface area contributed by atoms with Gasteiger partial charge in [-0.2, -0.15) is 0 Å². The van der Waals surface area contributed by atoms with Crippen LogP contribution in [0.1, 0.15) is 13.8 Å². The predicted octanol–water partition coefficient (Wildman–Crippen LogP) is 0.704. The number of hydrogen-bond donors (Lipinski definition) is 1. The molecule has 5 nitrogen and oxygen atoms in total. The Morgan fingerprint density at radius 3 is 2.27 bits per heavy atom. The Balaban J connectivity index is 4.25. The molecule has 0 rings (SSSR count). The summed E-state index contributed by atoms with van der Waals surface area (Å²) < 4.78 is 4.62. The molecule has 1 unspecified atom stereocenters. The molecule has 5 heteroatoms. The van der Waals surface area contributed by atoms with Gasteiger partial charge in [0.15, 0.2) is 11.9 Å². The number of rotatable bonds is 5. The third-order valence-corrected chi connectivity index (χ3v) is 1.44. The molecule has 15 heavy (non-hydrogen) atoms. The van der Waals surface area contributed by atoms with Gasteiger partial charge in [-0.15, -0.1) is 0 Å². The van der Waals surface area contributed by atoms with Crippen molar-refractivity contribution in [1.29, 1.82) is 0 Å². The summed E-state index contributed by atoms with van der Waals surface area (Å²) in [4.78, 5) is 32.2. The zero-order valence-electron chi connectivity index (χ0n) is 8.52. The van der Waals surface area contributed by atoms with Crippen molar-refractivity contribution in [2.45, 2.75) is 20.0 Å². The highest BCUT2D eigenvalue weighted by Crippen LogP contribution is 2.01. The summed E-state index contributed by atoms with van der Waals surface area (Å²) in [6.45, 7) is 6.30. The van der Waals surface area contributed by atoms with Crippen LogP contribution >= 0.6 is 0 Å². The van der Waals surface area contributed by atoms with Crippen LogP contribution in [0, 0.1) is 0 Å². The van der Waals surface area contributed by atoms with Gasteiger partial charge in [0.05, 0.1) is 0 Å². The summed E-state index contributed by atoms with van der Waals surface area (Å²) in [6, 6.07) is 0. The molecule has 0 bridgehead atoms. The van der Waals surface area contributed by atoms with Crippen LogP contribution in [0.4, 0.5) is 0 Å². The molecule has 1 atom stereocenters. The van der Waals surface area contributed by atoms with E-state index < -0.39 is 23.8 Å². The van der Waals surface area contributed by atoms with Crippen molar-refractivity contribution in [1.82, 2.24) is 0 Å². The first-order valence-corrected chi connectivity index (χ1v) is 4.16. The number of carboxylic acids is 1. The maximum absolute atomic E-state index is 11.2. The predicted molar refractivity (Wildman–Crippen MR) is 52.2 cm³/mol. The van der Waals surface area contributed by atoms with Gasteiger partial charge in [0, 0.05) is 12.2 Å². The van der Waals surface area contributed by atoms with Crippen LogP contribution in [0.15, 0.2) is 24.3 Å². The topological polar surface area (TPSA) is 80.7 Å². The summed E-state index contributed by atoms with van der Waals surface area (Å²) >= 11 is 0. The molecule has 0 heterocycles. The molecule has 0 fully saturated rings. The van der Waals surface area contributed by atoms with Gasteiger partial charge in [-0.25, -0.2) is 9.59 Å². The van der Waals surface area contributed by atoms with Gasteiger partial charge in [0.1, 0.15) is 0 Å². The van der Waals surface area contributed by atoms with Crippen LogP contribution in [-0.2, 0) is 19.1 Å². The fourth-order valence-corrected chi connectivity index (χ4v) is 0.753. The van der Waals surface area contributed by atoms with E-state index in [9.17, 15) is 14.4 Å². The molecule has 0 aliphatic carbocycles. The van der Waals surface area contributed by atoms with Gasteiger partial charge < -0.3 is 9.84 Å². The smallest absolute Gasteiger partial charge is 0.331 e. The van der Waals surface area contributed by atoms with E-state index in [1.165, 1.54) is 13.8 Å². The Kier molecular flexibility index (Phi) is 5.01. The fraction of sp³-hybridized carbons (Fsp3) is 0.300. The van der Waals surface area contributed by atoms with Crippen molar-refractivity contribution < 1.29 is 24.2 Å². The Labute approximate surface area is 87.0 Å². The van der Waals surface area contributed by atoms with Gasteiger partial charge in [-0.05, 0) is 19.4 Å². The Bertz CT molecular complexity index is 327. The van der Waals surface area contributed by atoms with E-state index in [1.807, 2.05) is 0 Å². The first-order chi connectivity index (χ1) is 6.84. The van der Waals surface area contributed by atoms with Crippen molar-refractivity contribution in [3.63, 3.8) is 0 Å². The lowest BCUT2D eigenvalue weighted by Gasteiger charge is -2.09. The third-order valence-electron chi connectivity index (χ3n) is 1.44. The molecule has 0 saturated heterocycles. The quantitative estimate of drug-likeness (QED) is 0.536. The number of aliphatic carboxylic acids is 1. The van der Waals surface area contributed by atoms with Crippen LogP contribution in [-0.4, -0.2) is 28.9 Å². The Morgan fingerprint density at radius 2 is 1.87 bits per heavy atom. The van der Waals surface area contributed by atoms with E-state index in [0.29, 0.717) is 6.08 Å². The number of hydrogen-bond acceptors (Lipinski definition) is 4. The number of carbonyl (C=O) groups excluding carboxylic acids is 2. The van der Waals surface area contributed by atoms with E-state index in [4.69, 9.17) is 5.11 Å². The molecule has 1 N–H and O–H groups in total. The summed E-state index contributed by atoms with van der Waals surface area (Å²) in [7, 11) is 0.